The van der Waals surface area contributed by atoms with E-state index in [1.807, 2.05) is 24.0 Å². The van der Waals surface area contributed by atoms with E-state index in [9.17, 15) is 4.39 Å². The Morgan fingerprint density at radius 2 is 1.90 bits per heavy atom. The Balaban J connectivity index is 3.31. The van der Waals surface area contributed by atoms with E-state index in [0.717, 1.165) is 22.7 Å². The lowest BCUT2D eigenvalue weighted by Gasteiger charge is -2.30. The van der Waals surface area contributed by atoms with E-state index in [4.69, 9.17) is 0 Å². The number of anilines is 1. The lowest BCUT2D eigenvalue weighted by atomic mass is 10.1. The molecule has 0 aliphatic carbocycles. The molecule has 0 aliphatic rings. The molecule has 0 atom stereocenters. The summed E-state index contributed by atoms with van der Waals surface area (Å²) >= 11 is 0. The van der Waals surface area contributed by atoms with Gasteiger partial charge < -0.3 is 4.90 Å². The maximum Gasteiger partial charge on any atom is 0.126 e. The number of halogens is 1. The number of benzene rings is 1. The standard InChI is InChI=1S/C19H24FN/c1-8-14(4)11-16(6)21(17(7)13(2)3)18-9-10-19(20)15(5)12-18/h8-13H,1,6-7H2,2-5H3/b14-11+. The minimum absolute atomic E-state index is 0.211. The zero-order valence-electron chi connectivity index (χ0n) is 13.4. The van der Waals surface area contributed by atoms with Crippen LogP contribution in [-0.2, 0) is 0 Å². The van der Waals surface area contributed by atoms with Crippen LogP contribution in [0, 0.1) is 18.7 Å². The van der Waals surface area contributed by atoms with E-state index < -0.39 is 0 Å². The lowest BCUT2D eigenvalue weighted by Crippen LogP contribution is -2.23. The second-order valence-electron chi connectivity index (χ2n) is 5.50. The van der Waals surface area contributed by atoms with Gasteiger partial charge in [0.05, 0.1) is 0 Å². The first-order valence-corrected chi connectivity index (χ1v) is 7.02. The molecule has 0 fully saturated rings. The first-order valence-electron chi connectivity index (χ1n) is 7.02. The van der Waals surface area contributed by atoms with Crippen molar-refractivity contribution in [1.29, 1.82) is 0 Å². The van der Waals surface area contributed by atoms with Crippen molar-refractivity contribution in [3.63, 3.8) is 0 Å². The zero-order chi connectivity index (χ0) is 16.2. The van der Waals surface area contributed by atoms with Gasteiger partial charge in [0.25, 0.3) is 0 Å². The summed E-state index contributed by atoms with van der Waals surface area (Å²) in [7, 11) is 0. The maximum absolute atomic E-state index is 13.5. The highest BCUT2D eigenvalue weighted by Gasteiger charge is 2.16. The predicted octanol–water partition coefficient (Wildman–Crippen LogP) is 5.76. The van der Waals surface area contributed by atoms with Crippen LogP contribution in [0.25, 0.3) is 0 Å². The summed E-state index contributed by atoms with van der Waals surface area (Å²) in [5.74, 6) is 0.0434. The molecular weight excluding hydrogens is 261 g/mol. The molecule has 0 N–H and O–H groups in total. The summed E-state index contributed by atoms with van der Waals surface area (Å²) in [6, 6.07) is 5.03. The van der Waals surface area contributed by atoms with E-state index in [-0.39, 0.29) is 11.7 Å². The molecule has 0 aliphatic heterocycles. The van der Waals surface area contributed by atoms with Crippen molar-refractivity contribution >= 4 is 5.69 Å². The Morgan fingerprint density at radius 3 is 2.38 bits per heavy atom. The molecule has 0 heterocycles. The van der Waals surface area contributed by atoms with Crippen LogP contribution in [0.15, 0.2) is 67.1 Å². The fraction of sp³-hybridized carbons (Fsp3) is 0.263. The summed E-state index contributed by atoms with van der Waals surface area (Å²) < 4.78 is 13.5. The molecule has 1 aromatic rings. The summed E-state index contributed by atoms with van der Waals surface area (Å²) in [4.78, 5) is 1.96. The molecule has 112 valence electrons. The Morgan fingerprint density at radius 1 is 1.29 bits per heavy atom. The topological polar surface area (TPSA) is 3.24 Å². The van der Waals surface area contributed by atoms with Crippen molar-refractivity contribution in [2.75, 3.05) is 4.90 Å². The van der Waals surface area contributed by atoms with Gasteiger partial charge in [-0.3, -0.25) is 0 Å². The van der Waals surface area contributed by atoms with E-state index >= 15 is 0 Å². The molecule has 0 saturated carbocycles. The minimum atomic E-state index is -0.211. The molecule has 0 radical (unpaired) electrons. The van der Waals surface area contributed by atoms with Crippen LogP contribution in [0.4, 0.5) is 10.1 Å². The van der Waals surface area contributed by atoms with Crippen LogP contribution in [0.5, 0.6) is 0 Å². The quantitative estimate of drug-likeness (QED) is 0.601. The normalized spacial score (nSPS) is 11.4. The first kappa shape index (κ1) is 17.0. The van der Waals surface area contributed by atoms with Gasteiger partial charge in [0.1, 0.15) is 5.82 Å². The van der Waals surface area contributed by atoms with Crippen molar-refractivity contribution in [3.8, 4) is 0 Å². The third-order valence-corrected chi connectivity index (χ3v) is 3.36. The Hall–Kier alpha value is -2.09. The molecule has 1 nitrogen and oxygen atoms in total. The molecule has 0 aromatic heterocycles. The van der Waals surface area contributed by atoms with Crippen LogP contribution in [-0.4, -0.2) is 0 Å². The SMILES string of the molecule is C=C/C(C)=C/C(=C)N(C(=C)C(C)C)c1ccc(F)c(C)c1. The molecular formula is C19H24FN. The summed E-state index contributed by atoms with van der Waals surface area (Å²) in [5.41, 5.74) is 4.19. The average molecular weight is 285 g/mol. The van der Waals surface area contributed by atoms with E-state index in [0.29, 0.717) is 5.56 Å². The Kier molecular flexibility index (Phi) is 5.71. The largest absolute Gasteiger partial charge is 0.315 e. The van der Waals surface area contributed by atoms with Gasteiger partial charge in [-0.15, -0.1) is 0 Å². The number of rotatable bonds is 6. The number of allylic oxidation sites excluding steroid dienone is 4. The monoisotopic (exact) mass is 285 g/mol. The molecule has 0 bridgehead atoms. The molecule has 1 rings (SSSR count). The van der Waals surface area contributed by atoms with Gasteiger partial charge in [0.15, 0.2) is 0 Å². The molecule has 1 aromatic carbocycles. The fourth-order valence-electron chi connectivity index (χ4n) is 1.93. The van der Waals surface area contributed by atoms with Crippen molar-refractivity contribution in [1.82, 2.24) is 0 Å². The van der Waals surface area contributed by atoms with Crippen LogP contribution >= 0.6 is 0 Å². The highest BCUT2D eigenvalue weighted by atomic mass is 19.1. The van der Waals surface area contributed by atoms with Gasteiger partial charge in [-0.25, -0.2) is 4.39 Å². The zero-order valence-corrected chi connectivity index (χ0v) is 13.4. The van der Waals surface area contributed by atoms with Crippen molar-refractivity contribution in [2.24, 2.45) is 5.92 Å². The highest BCUT2D eigenvalue weighted by molar-refractivity contribution is 5.61. The Bertz CT molecular complexity index is 594. The molecule has 0 unspecified atom stereocenters. The summed E-state index contributed by atoms with van der Waals surface area (Å²) in [6.07, 6.45) is 3.72. The second kappa shape index (κ2) is 7.07. The third kappa shape index (κ3) is 4.19. The molecule has 21 heavy (non-hydrogen) atoms. The van der Waals surface area contributed by atoms with Gasteiger partial charge in [-0.1, -0.05) is 39.7 Å². The molecule has 2 heteroatoms. The second-order valence-corrected chi connectivity index (χ2v) is 5.50. The van der Waals surface area contributed by atoms with Crippen LogP contribution in [0.3, 0.4) is 0 Å². The van der Waals surface area contributed by atoms with Gasteiger partial charge >= 0.3 is 0 Å². The maximum atomic E-state index is 13.5. The number of hydrogen-bond donors (Lipinski definition) is 0. The molecule has 0 saturated heterocycles. The summed E-state index contributed by atoms with van der Waals surface area (Å²) in [5, 5.41) is 0. The van der Waals surface area contributed by atoms with Crippen LogP contribution in [0.2, 0.25) is 0 Å². The van der Waals surface area contributed by atoms with Gasteiger partial charge in [-0.2, -0.15) is 0 Å². The van der Waals surface area contributed by atoms with Crippen molar-refractivity contribution < 1.29 is 4.39 Å². The summed E-state index contributed by atoms with van der Waals surface area (Å²) in [6.45, 7) is 19.9. The van der Waals surface area contributed by atoms with Gasteiger partial charge in [-0.05, 0) is 55.2 Å². The predicted molar refractivity (Wildman–Crippen MR) is 90.7 cm³/mol. The van der Waals surface area contributed by atoms with E-state index in [2.05, 4.69) is 33.6 Å². The number of nitrogens with zero attached hydrogens (tertiary/aromatic N) is 1. The van der Waals surface area contributed by atoms with Gasteiger partial charge in [0, 0.05) is 17.1 Å². The Labute approximate surface area is 127 Å². The smallest absolute Gasteiger partial charge is 0.126 e. The highest BCUT2D eigenvalue weighted by Crippen LogP contribution is 2.29. The van der Waals surface area contributed by atoms with E-state index in [1.54, 1.807) is 19.1 Å². The first-order chi connectivity index (χ1) is 9.77. The third-order valence-electron chi connectivity index (χ3n) is 3.36. The van der Waals surface area contributed by atoms with Crippen molar-refractivity contribution in [3.05, 3.63) is 78.4 Å². The van der Waals surface area contributed by atoms with Crippen LogP contribution in [0.1, 0.15) is 26.3 Å². The minimum Gasteiger partial charge on any atom is -0.315 e. The average Bonchev–Trinajstić information content (AvgIpc) is 2.42. The number of hydrogen-bond acceptors (Lipinski definition) is 1. The van der Waals surface area contributed by atoms with Crippen LogP contribution < -0.4 is 4.90 Å². The van der Waals surface area contributed by atoms with Crippen molar-refractivity contribution in [2.45, 2.75) is 27.7 Å². The van der Waals surface area contributed by atoms with Gasteiger partial charge in [0.2, 0.25) is 0 Å². The molecule has 0 amide bonds. The molecule has 0 spiro atoms. The van der Waals surface area contributed by atoms with E-state index in [1.165, 1.54) is 6.07 Å². The lowest BCUT2D eigenvalue weighted by molar-refractivity contribution is 0.618. The number of aryl methyl sites for hydroxylation is 1. The fourth-order valence-corrected chi connectivity index (χ4v) is 1.93.